The zero-order valence-electron chi connectivity index (χ0n) is 16.7. The van der Waals surface area contributed by atoms with E-state index in [1.807, 2.05) is 39.1 Å². The van der Waals surface area contributed by atoms with Gasteiger partial charge in [0.15, 0.2) is 11.6 Å². The first-order valence-corrected chi connectivity index (χ1v) is 9.51. The average Bonchev–Trinajstić information content (AvgIpc) is 3.03. The van der Waals surface area contributed by atoms with E-state index in [0.29, 0.717) is 5.69 Å². The van der Waals surface area contributed by atoms with Gasteiger partial charge >= 0.3 is 0 Å². The highest BCUT2D eigenvalue weighted by Crippen LogP contribution is 2.26. The summed E-state index contributed by atoms with van der Waals surface area (Å²) in [5.74, 6) is -1.24. The van der Waals surface area contributed by atoms with Crippen LogP contribution in [-0.2, 0) is 7.05 Å². The highest BCUT2D eigenvalue weighted by atomic mass is 19.1. The second kappa shape index (κ2) is 8.44. The van der Waals surface area contributed by atoms with Crippen molar-refractivity contribution in [2.24, 2.45) is 18.5 Å². The topological polar surface area (TPSA) is 124 Å². The van der Waals surface area contributed by atoms with Crippen LogP contribution in [0.15, 0.2) is 30.5 Å². The third-order valence-corrected chi connectivity index (χ3v) is 4.81. The molecule has 0 spiro atoms. The zero-order chi connectivity index (χ0) is 21.1. The molecule has 8 nitrogen and oxygen atoms in total. The second-order valence-corrected chi connectivity index (χ2v) is 7.14. The normalized spacial score (nSPS) is 13.3. The molecular weight excluding hydrogens is 373 g/mol. The van der Waals surface area contributed by atoms with Crippen LogP contribution in [0, 0.1) is 5.82 Å². The van der Waals surface area contributed by atoms with Crippen LogP contribution >= 0.6 is 0 Å². The molecule has 0 bridgehead atoms. The van der Waals surface area contributed by atoms with E-state index < -0.39 is 11.7 Å². The Morgan fingerprint density at radius 2 is 2.07 bits per heavy atom. The number of aryl methyl sites for hydroxylation is 1. The Morgan fingerprint density at radius 3 is 2.72 bits per heavy atom. The van der Waals surface area contributed by atoms with Crippen molar-refractivity contribution in [2.45, 2.75) is 38.8 Å². The van der Waals surface area contributed by atoms with E-state index in [-0.39, 0.29) is 29.3 Å². The Kier molecular flexibility index (Phi) is 5.97. The number of benzene rings is 1. The van der Waals surface area contributed by atoms with E-state index in [1.165, 1.54) is 0 Å². The smallest absolute Gasteiger partial charge is 0.252 e. The van der Waals surface area contributed by atoms with Gasteiger partial charge < -0.3 is 22.1 Å². The van der Waals surface area contributed by atoms with E-state index in [9.17, 15) is 9.18 Å². The molecule has 0 fully saturated rings. The molecule has 154 valence electrons. The van der Waals surface area contributed by atoms with Gasteiger partial charge in [0.05, 0.1) is 17.3 Å². The van der Waals surface area contributed by atoms with Crippen molar-refractivity contribution in [3.8, 4) is 0 Å². The van der Waals surface area contributed by atoms with Crippen LogP contribution in [0.1, 0.15) is 37.0 Å². The number of hydrogen-bond acceptors (Lipinski definition) is 6. The van der Waals surface area contributed by atoms with Gasteiger partial charge in [0.1, 0.15) is 5.82 Å². The number of carbonyl (C=O) groups is 1. The first kappa shape index (κ1) is 20.5. The quantitative estimate of drug-likeness (QED) is 0.462. The highest BCUT2D eigenvalue weighted by Gasteiger charge is 2.20. The Balaban J connectivity index is 1.98. The van der Waals surface area contributed by atoms with Crippen LogP contribution in [0.5, 0.6) is 0 Å². The molecule has 2 atom stereocenters. The van der Waals surface area contributed by atoms with Crippen molar-refractivity contribution >= 4 is 34.1 Å². The number of rotatable bonds is 8. The molecule has 1 aromatic carbocycles. The molecule has 0 aliphatic rings. The number of halogens is 1. The predicted octanol–water partition coefficient (Wildman–Crippen LogP) is 2.88. The van der Waals surface area contributed by atoms with Crippen molar-refractivity contribution in [2.75, 3.05) is 10.6 Å². The fraction of sp³-hybridized carbons (Fsp3) is 0.350. The number of nitrogens with two attached hydrogens (primary N) is 2. The van der Waals surface area contributed by atoms with Gasteiger partial charge in [-0.15, -0.1) is 0 Å². The van der Waals surface area contributed by atoms with Gasteiger partial charge in [-0.1, -0.05) is 13.3 Å². The summed E-state index contributed by atoms with van der Waals surface area (Å²) in [4.78, 5) is 16.2. The van der Waals surface area contributed by atoms with Crippen LogP contribution in [-0.4, -0.2) is 32.8 Å². The number of carbonyl (C=O) groups excluding carboxylic acids is 1. The van der Waals surface area contributed by atoms with Crippen LogP contribution < -0.4 is 22.1 Å². The van der Waals surface area contributed by atoms with Crippen molar-refractivity contribution in [1.82, 2.24) is 14.8 Å². The fourth-order valence-corrected chi connectivity index (χ4v) is 3.18. The van der Waals surface area contributed by atoms with Crippen LogP contribution in [0.2, 0.25) is 0 Å². The molecular formula is C20H26FN7O. The van der Waals surface area contributed by atoms with E-state index in [1.54, 1.807) is 10.9 Å². The molecule has 0 unspecified atom stereocenters. The molecule has 2 heterocycles. The summed E-state index contributed by atoms with van der Waals surface area (Å²) in [6, 6.07) is 6.33. The number of pyridine rings is 1. The molecule has 29 heavy (non-hydrogen) atoms. The van der Waals surface area contributed by atoms with Crippen molar-refractivity contribution in [1.29, 1.82) is 0 Å². The monoisotopic (exact) mass is 399 g/mol. The van der Waals surface area contributed by atoms with Gasteiger partial charge in [0, 0.05) is 30.2 Å². The number of hydrogen-bond donors (Lipinski definition) is 4. The van der Waals surface area contributed by atoms with Gasteiger partial charge in [-0.2, -0.15) is 5.10 Å². The average molecular weight is 399 g/mol. The lowest BCUT2D eigenvalue weighted by molar-refractivity contribution is 0.100. The molecule has 0 saturated heterocycles. The maximum absolute atomic E-state index is 14.6. The third-order valence-electron chi connectivity index (χ3n) is 4.81. The van der Waals surface area contributed by atoms with E-state index in [2.05, 4.69) is 20.7 Å². The Morgan fingerprint density at radius 1 is 1.31 bits per heavy atom. The van der Waals surface area contributed by atoms with Gasteiger partial charge in [-0.3, -0.25) is 9.48 Å². The number of anilines is 3. The Labute approximate surface area is 168 Å². The first-order chi connectivity index (χ1) is 13.8. The van der Waals surface area contributed by atoms with E-state index in [4.69, 9.17) is 11.5 Å². The summed E-state index contributed by atoms with van der Waals surface area (Å²) >= 11 is 0. The number of amides is 1. The lowest BCUT2D eigenvalue weighted by Gasteiger charge is -2.23. The van der Waals surface area contributed by atoms with E-state index >= 15 is 0 Å². The summed E-state index contributed by atoms with van der Waals surface area (Å²) in [6.07, 6.45) is 3.40. The molecule has 3 aromatic rings. The largest absolute Gasteiger partial charge is 0.365 e. The maximum atomic E-state index is 14.6. The molecule has 0 radical (unpaired) electrons. The van der Waals surface area contributed by atoms with Gasteiger partial charge in [0.25, 0.3) is 5.91 Å². The minimum absolute atomic E-state index is 0.0230. The molecule has 2 aromatic heterocycles. The van der Waals surface area contributed by atoms with Gasteiger partial charge in [-0.05, 0) is 37.6 Å². The summed E-state index contributed by atoms with van der Waals surface area (Å²) in [6.45, 7) is 3.88. The maximum Gasteiger partial charge on any atom is 0.252 e. The number of fused-ring (bicyclic) bond motifs is 1. The molecule has 0 aliphatic heterocycles. The summed E-state index contributed by atoms with van der Waals surface area (Å²) < 4.78 is 16.3. The molecule has 1 amide bonds. The molecule has 6 N–H and O–H groups in total. The van der Waals surface area contributed by atoms with Crippen LogP contribution in [0.3, 0.4) is 0 Å². The number of nitrogens with one attached hydrogen (secondary N) is 2. The van der Waals surface area contributed by atoms with Gasteiger partial charge in [0.2, 0.25) is 0 Å². The molecule has 3 rings (SSSR count). The first-order valence-electron chi connectivity index (χ1n) is 9.51. The van der Waals surface area contributed by atoms with E-state index in [0.717, 1.165) is 29.8 Å². The van der Waals surface area contributed by atoms with Crippen LogP contribution in [0.4, 0.5) is 21.7 Å². The van der Waals surface area contributed by atoms with Crippen LogP contribution in [0.25, 0.3) is 10.9 Å². The summed E-state index contributed by atoms with van der Waals surface area (Å²) in [7, 11) is 1.83. The Hall–Kier alpha value is -3.20. The Bertz CT molecular complexity index is 1030. The minimum Gasteiger partial charge on any atom is -0.365 e. The van der Waals surface area contributed by atoms with Gasteiger partial charge in [-0.25, -0.2) is 9.37 Å². The molecule has 0 aliphatic carbocycles. The molecule has 0 saturated carbocycles. The van der Waals surface area contributed by atoms with Crippen molar-refractivity contribution in [3.05, 3.63) is 41.8 Å². The number of primary amides is 1. The second-order valence-electron chi connectivity index (χ2n) is 7.14. The van der Waals surface area contributed by atoms with Crippen molar-refractivity contribution < 1.29 is 9.18 Å². The fourth-order valence-electron chi connectivity index (χ4n) is 3.18. The summed E-state index contributed by atoms with van der Waals surface area (Å²) in [5.41, 5.74) is 13.0. The van der Waals surface area contributed by atoms with Crippen molar-refractivity contribution in [3.63, 3.8) is 0 Å². The SMILES string of the molecule is CCC[C@@H](Nc1nc(Nc2ccc3cnn(C)c3c2)c(C(N)=O)cc1F)[C@H](C)N. The summed E-state index contributed by atoms with van der Waals surface area (Å²) in [5, 5.41) is 11.3. The highest BCUT2D eigenvalue weighted by molar-refractivity contribution is 5.99. The lowest BCUT2D eigenvalue weighted by atomic mass is 10.1. The lowest BCUT2D eigenvalue weighted by Crippen LogP contribution is -2.38. The standard InChI is InChI=1S/C20H26FN7O/c1-4-5-16(11(2)22)26-20-15(21)9-14(18(23)29)19(27-20)25-13-7-6-12-10-24-28(3)17(12)8-13/h6-11,16H,4-5,22H2,1-3H3,(H2,23,29)(H2,25,26,27)/t11-,16+/m0/s1. The third kappa shape index (κ3) is 4.45. The molecule has 9 heteroatoms. The number of nitrogens with zero attached hydrogens (tertiary/aromatic N) is 3. The number of aromatic nitrogens is 3. The zero-order valence-corrected chi connectivity index (χ0v) is 16.7. The predicted molar refractivity (Wildman–Crippen MR) is 113 cm³/mol. The minimum atomic E-state index is -0.774.